The van der Waals surface area contributed by atoms with Gasteiger partial charge in [-0.15, -0.1) is 0 Å². The lowest BCUT2D eigenvalue weighted by Gasteiger charge is -2.16. The van der Waals surface area contributed by atoms with Crippen LogP contribution in [-0.4, -0.2) is 44.6 Å². The topological polar surface area (TPSA) is 80.1 Å². The van der Waals surface area contributed by atoms with E-state index in [2.05, 4.69) is 15.4 Å². The standard InChI is InChI=1S/C19H25N5O2/c1-14-10-15(2)24(22-14)9-5-8-21-19(26)16-11-18(25)23(12-16)13-17-6-3-4-7-20-17/h3-4,6-7,10,16H,5,8-9,11-13H2,1-2H3,(H,21,26)/t16-/m0/s1. The summed E-state index contributed by atoms with van der Waals surface area (Å²) in [5.74, 6) is -0.312. The highest BCUT2D eigenvalue weighted by Gasteiger charge is 2.34. The van der Waals surface area contributed by atoms with Crippen molar-refractivity contribution in [3.05, 3.63) is 47.5 Å². The molecule has 0 unspecified atom stereocenters. The van der Waals surface area contributed by atoms with Crippen LogP contribution in [0.5, 0.6) is 0 Å². The molecule has 2 aromatic rings. The van der Waals surface area contributed by atoms with Gasteiger partial charge in [-0.2, -0.15) is 5.10 Å². The maximum Gasteiger partial charge on any atom is 0.225 e. The molecule has 0 saturated carbocycles. The zero-order chi connectivity index (χ0) is 18.5. The number of pyridine rings is 1. The Morgan fingerprint density at radius 2 is 2.19 bits per heavy atom. The van der Waals surface area contributed by atoms with Gasteiger partial charge in [-0.3, -0.25) is 19.3 Å². The highest BCUT2D eigenvalue weighted by molar-refractivity contribution is 5.89. The number of aryl methyl sites for hydroxylation is 3. The molecule has 26 heavy (non-hydrogen) atoms. The van der Waals surface area contributed by atoms with E-state index >= 15 is 0 Å². The minimum Gasteiger partial charge on any atom is -0.356 e. The van der Waals surface area contributed by atoms with E-state index in [4.69, 9.17) is 0 Å². The van der Waals surface area contributed by atoms with Gasteiger partial charge in [0.15, 0.2) is 0 Å². The van der Waals surface area contributed by atoms with Gasteiger partial charge in [0.05, 0.1) is 23.9 Å². The number of amides is 2. The largest absolute Gasteiger partial charge is 0.356 e. The molecule has 138 valence electrons. The second-order valence-electron chi connectivity index (χ2n) is 6.79. The van der Waals surface area contributed by atoms with E-state index in [1.165, 1.54) is 0 Å². The van der Waals surface area contributed by atoms with Crippen molar-refractivity contribution < 1.29 is 9.59 Å². The number of nitrogens with one attached hydrogen (secondary N) is 1. The fraction of sp³-hybridized carbons (Fsp3) is 0.474. The van der Waals surface area contributed by atoms with Crippen LogP contribution in [0.25, 0.3) is 0 Å². The Morgan fingerprint density at radius 3 is 2.88 bits per heavy atom. The maximum atomic E-state index is 12.3. The van der Waals surface area contributed by atoms with Gasteiger partial charge in [-0.1, -0.05) is 6.07 Å². The van der Waals surface area contributed by atoms with Crippen LogP contribution in [0.1, 0.15) is 29.9 Å². The number of hydrogen-bond donors (Lipinski definition) is 1. The van der Waals surface area contributed by atoms with Crippen LogP contribution < -0.4 is 5.32 Å². The molecular formula is C19H25N5O2. The summed E-state index contributed by atoms with van der Waals surface area (Å²) in [5, 5.41) is 7.36. The van der Waals surface area contributed by atoms with Gasteiger partial charge in [-0.05, 0) is 38.5 Å². The number of aromatic nitrogens is 3. The van der Waals surface area contributed by atoms with E-state index in [1.54, 1.807) is 11.1 Å². The van der Waals surface area contributed by atoms with E-state index < -0.39 is 0 Å². The first-order chi connectivity index (χ1) is 12.5. The third-order valence-corrected chi connectivity index (χ3v) is 4.61. The van der Waals surface area contributed by atoms with Crippen molar-refractivity contribution in [3.63, 3.8) is 0 Å². The predicted molar refractivity (Wildman–Crippen MR) is 97.1 cm³/mol. The fourth-order valence-electron chi connectivity index (χ4n) is 3.27. The minimum atomic E-state index is -0.278. The predicted octanol–water partition coefficient (Wildman–Crippen LogP) is 1.45. The summed E-state index contributed by atoms with van der Waals surface area (Å²) in [7, 11) is 0. The van der Waals surface area contributed by atoms with Crippen LogP contribution in [0.15, 0.2) is 30.5 Å². The van der Waals surface area contributed by atoms with Crippen molar-refractivity contribution in [1.29, 1.82) is 0 Å². The van der Waals surface area contributed by atoms with E-state index in [1.807, 2.05) is 42.8 Å². The maximum absolute atomic E-state index is 12.3. The number of hydrogen-bond acceptors (Lipinski definition) is 4. The van der Waals surface area contributed by atoms with E-state index in [0.29, 0.717) is 19.6 Å². The first-order valence-electron chi connectivity index (χ1n) is 8.99. The molecule has 2 amide bonds. The summed E-state index contributed by atoms with van der Waals surface area (Å²) in [5.41, 5.74) is 2.97. The monoisotopic (exact) mass is 355 g/mol. The van der Waals surface area contributed by atoms with Crippen molar-refractivity contribution in [2.45, 2.75) is 39.8 Å². The number of carbonyl (C=O) groups excluding carboxylic acids is 2. The first-order valence-corrected chi connectivity index (χ1v) is 8.99. The van der Waals surface area contributed by atoms with Gasteiger partial charge in [0.2, 0.25) is 11.8 Å². The van der Waals surface area contributed by atoms with Gasteiger partial charge < -0.3 is 10.2 Å². The molecule has 3 rings (SSSR count). The van der Waals surface area contributed by atoms with Crippen LogP contribution in [0.2, 0.25) is 0 Å². The molecule has 0 bridgehead atoms. The summed E-state index contributed by atoms with van der Waals surface area (Å²) in [6.07, 6.45) is 2.80. The van der Waals surface area contributed by atoms with Crippen LogP contribution in [0.3, 0.4) is 0 Å². The molecule has 1 aliphatic heterocycles. The molecule has 1 fully saturated rings. The molecule has 0 spiro atoms. The summed E-state index contributed by atoms with van der Waals surface area (Å²) in [6, 6.07) is 7.67. The molecule has 1 N–H and O–H groups in total. The smallest absolute Gasteiger partial charge is 0.225 e. The van der Waals surface area contributed by atoms with E-state index in [9.17, 15) is 9.59 Å². The third-order valence-electron chi connectivity index (χ3n) is 4.61. The van der Waals surface area contributed by atoms with Crippen molar-refractivity contribution in [3.8, 4) is 0 Å². The van der Waals surface area contributed by atoms with Crippen molar-refractivity contribution >= 4 is 11.8 Å². The van der Waals surface area contributed by atoms with Crippen molar-refractivity contribution in [1.82, 2.24) is 25.0 Å². The van der Waals surface area contributed by atoms with Gasteiger partial charge in [0, 0.05) is 37.9 Å². The lowest BCUT2D eigenvalue weighted by atomic mass is 10.1. The normalized spacial score (nSPS) is 16.9. The first kappa shape index (κ1) is 18.1. The molecule has 1 atom stereocenters. The second-order valence-corrected chi connectivity index (χ2v) is 6.79. The summed E-state index contributed by atoms with van der Waals surface area (Å²) in [4.78, 5) is 30.5. The number of carbonyl (C=O) groups is 2. The number of likely N-dealkylation sites (tertiary alicyclic amines) is 1. The molecule has 0 aliphatic carbocycles. The Morgan fingerprint density at radius 1 is 1.35 bits per heavy atom. The van der Waals surface area contributed by atoms with Gasteiger partial charge in [0.1, 0.15) is 0 Å². The number of nitrogens with zero attached hydrogens (tertiary/aromatic N) is 4. The molecule has 3 heterocycles. The molecule has 7 nitrogen and oxygen atoms in total. The Hall–Kier alpha value is -2.70. The Labute approximate surface area is 153 Å². The van der Waals surface area contributed by atoms with Crippen LogP contribution in [0.4, 0.5) is 0 Å². The highest BCUT2D eigenvalue weighted by atomic mass is 16.2. The van der Waals surface area contributed by atoms with Gasteiger partial charge in [-0.25, -0.2) is 0 Å². The average molecular weight is 355 g/mol. The fourth-order valence-corrected chi connectivity index (χ4v) is 3.27. The van der Waals surface area contributed by atoms with Gasteiger partial charge in [0.25, 0.3) is 0 Å². The average Bonchev–Trinajstić information content (AvgIpc) is 3.14. The van der Waals surface area contributed by atoms with Crippen LogP contribution >= 0.6 is 0 Å². The van der Waals surface area contributed by atoms with Crippen LogP contribution in [0, 0.1) is 19.8 Å². The van der Waals surface area contributed by atoms with Crippen molar-refractivity contribution in [2.75, 3.05) is 13.1 Å². The van der Waals surface area contributed by atoms with Gasteiger partial charge >= 0.3 is 0 Å². The molecule has 7 heteroatoms. The number of rotatable bonds is 7. The Bertz CT molecular complexity index is 771. The molecular weight excluding hydrogens is 330 g/mol. The second kappa shape index (κ2) is 8.12. The Kier molecular flexibility index (Phi) is 5.65. The minimum absolute atomic E-state index is 0.0124. The lowest BCUT2D eigenvalue weighted by molar-refractivity contribution is -0.129. The quantitative estimate of drug-likeness (QED) is 0.763. The molecule has 1 aliphatic rings. The zero-order valence-electron chi connectivity index (χ0n) is 15.3. The van der Waals surface area contributed by atoms with E-state index in [-0.39, 0.29) is 24.2 Å². The third kappa shape index (κ3) is 4.47. The van der Waals surface area contributed by atoms with Crippen molar-refractivity contribution in [2.24, 2.45) is 5.92 Å². The highest BCUT2D eigenvalue weighted by Crippen LogP contribution is 2.19. The molecule has 0 aromatic carbocycles. The molecule has 0 radical (unpaired) electrons. The summed E-state index contributed by atoms with van der Waals surface area (Å²) in [6.45, 7) is 6.27. The lowest BCUT2D eigenvalue weighted by Crippen LogP contribution is -2.33. The van der Waals surface area contributed by atoms with E-state index in [0.717, 1.165) is 30.0 Å². The molecule has 2 aromatic heterocycles. The SMILES string of the molecule is Cc1cc(C)n(CCCNC(=O)[C@H]2CC(=O)N(Cc3ccccn3)C2)n1. The summed E-state index contributed by atoms with van der Waals surface area (Å²) >= 11 is 0. The molecule has 1 saturated heterocycles. The Balaban J connectivity index is 1.42. The van der Waals surface area contributed by atoms with Crippen LogP contribution in [-0.2, 0) is 22.7 Å². The summed E-state index contributed by atoms with van der Waals surface area (Å²) < 4.78 is 1.95. The zero-order valence-corrected chi connectivity index (χ0v) is 15.3.